The highest BCUT2D eigenvalue weighted by Crippen LogP contribution is 2.27. The zero-order valence-corrected chi connectivity index (χ0v) is 17.1. The van der Waals surface area contributed by atoms with E-state index < -0.39 is 0 Å². The molecular formula is C21H25N7O3. The lowest BCUT2D eigenvalue weighted by molar-refractivity contribution is -0.121. The maximum atomic E-state index is 11.4. The van der Waals surface area contributed by atoms with Gasteiger partial charge in [-0.25, -0.2) is 4.98 Å². The Kier molecular flexibility index (Phi) is 5.37. The van der Waals surface area contributed by atoms with Crippen LogP contribution in [-0.4, -0.2) is 56.2 Å². The van der Waals surface area contributed by atoms with Crippen LogP contribution in [0.2, 0.25) is 0 Å². The Balaban J connectivity index is 1.32. The Bertz CT molecular complexity index is 1060. The van der Waals surface area contributed by atoms with Gasteiger partial charge in [-0.15, -0.1) is 5.10 Å². The summed E-state index contributed by atoms with van der Waals surface area (Å²) in [6, 6.07) is 7.86. The van der Waals surface area contributed by atoms with E-state index in [0.29, 0.717) is 23.5 Å². The van der Waals surface area contributed by atoms with Gasteiger partial charge in [0.15, 0.2) is 11.2 Å². The quantitative estimate of drug-likeness (QED) is 0.614. The first-order valence-corrected chi connectivity index (χ1v) is 10.6. The number of aromatic nitrogens is 5. The fraction of sp³-hybridized carbons (Fsp3) is 0.476. The predicted molar refractivity (Wildman–Crippen MR) is 113 cm³/mol. The Morgan fingerprint density at radius 2 is 1.97 bits per heavy atom. The predicted octanol–water partition coefficient (Wildman–Crippen LogP) is 1.83. The van der Waals surface area contributed by atoms with Gasteiger partial charge in [-0.1, -0.05) is 5.21 Å². The molecule has 1 saturated carbocycles. The van der Waals surface area contributed by atoms with Crippen molar-refractivity contribution in [2.75, 3.05) is 18.5 Å². The molecule has 31 heavy (non-hydrogen) atoms. The van der Waals surface area contributed by atoms with Gasteiger partial charge in [-0.3, -0.25) is 4.79 Å². The summed E-state index contributed by atoms with van der Waals surface area (Å²) in [6.07, 6.45) is 6.00. The number of hydrogen-bond acceptors (Lipinski definition) is 8. The molecule has 162 valence electrons. The van der Waals surface area contributed by atoms with E-state index in [-0.39, 0.29) is 24.0 Å². The van der Waals surface area contributed by atoms with Gasteiger partial charge in [0.2, 0.25) is 11.9 Å². The molecule has 1 saturated heterocycles. The number of anilines is 1. The SMILES string of the molecule is NC(=O)[C@@H]1CC[C@@H](Nc2ncc3nnn(-c4ccc(OC5CCOCC5)cc4)c3n2)C1. The van der Waals surface area contributed by atoms with E-state index in [9.17, 15) is 4.79 Å². The number of carbonyl (C=O) groups excluding carboxylic acids is 1. The first-order chi connectivity index (χ1) is 15.2. The highest BCUT2D eigenvalue weighted by atomic mass is 16.5. The fourth-order valence-electron chi connectivity index (χ4n) is 4.18. The summed E-state index contributed by atoms with van der Waals surface area (Å²) >= 11 is 0. The van der Waals surface area contributed by atoms with Crippen LogP contribution >= 0.6 is 0 Å². The lowest BCUT2D eigenvalue weighted by Gasteiger charge is -2.23. The van der Waals surface area contributed by atoms with Crippen molar-refractivity contribution >= 4 is 23.0 Å². The highest BCUT2D eigenvalue weighted by molar-refractivity contribution is 5.77. The van der Waals surface area contributed by atoms with Crippen LogP contribution in [0.25, 0.3) is 16.9 Å². The zero-order valence-electron chi connectivity index (χ0n) is 17.1. The van der Waals surface area contributed by atoms with Gasteiger partial charge in [0.1, 0.15) is 11.9 Å². The summed E-state index contributed by atoms with van der Waals surface area (Å²) in [5.41, 5.74) is 7.48. The number of carbonyl (C=O) groups is 1. The fourth-order valence-corrected chi connectivity index (χ4v) is 4.18. The third-order valence-corrected chi connectivity index (χ3v) is 5.91. The minimum absolute atomic E-state index is 0.0877. The number of nitrogens with zero attached hydrogens (tertiary/aromatic N) is 5. The summed E-state index contributed by atoms with van der Waals surface area (Å²) in [5.74, 6) is 0.982. The van der Waals surface area contributed by atoms with Crippen LogP contribution < -0.4 is 15.8 Å². The maximum absolute atomic E-state index is 11.4. The van der Waals surface area contributed by atoms with Crippen molar-refractivity contribution in [2.45, 2.75) is 44.2 Å². The summed E-state index contributed by atoms with van der Waals surface area (Å²) in [7, 11) is 0. The largest absolute Gasteiger partial charge is 0.490 e. The molecule has 10 nitrogen and oxygen atoms in total. The van der Waals surface area contributed by atoms with E-state index in [4.69, 9.17) is 15.2 Å². The number of fused-ring (bicyclic) bond motifs is 1. The number of primary amides is 1. The van der Waals surface area contributed by atoms with Gasteiger partial charge in [0.25, 0.3) is 0 Å². The number of rotatable bonds is 6. The van der Waals surface area contributed by atoms with Gasteiger partial charge in [0.05, 0.1) is 25.1 Å². The Morgan fingerprint density at radius 3 is 2.71 bits per heavy atom. The van der Waals surface area contributed by atoms with Gasteiger partial charge >= 0.3 is 0 Å². The van der Waals surface area contributed by atoms with Crippen LogP contribution in [0.1, 0.15) is 32.1 Å². The van der Waals surface area contributed by atoms with E-state index >= 15 is 0 Å². The monoisotopic (exact) mass is 423 g/mol. The van der Waals surface area contributed by atoms with Crippen LogP contribution in [0.3, 0.4) is 0 Å². The summed E-state index contributed by atoms with van der Waals surface area (Å²) in [5, 5.41) is 11.7. The lowest BCUT2D eigenvalue weighted by atomic mass is 10.1. The van der Waals surface area contributed by atoms with Crippen LogP contribution in [0.15, 0.2) is 30.5 Å². The molecule has 3 N–H and O–H groups in total. The van der Waals surface area contributed by atoms with Gasteiger partial charge in [-0.2, -0.15) is 9.67 Å². The molecular weight excluding hydrogens is 398 g/mol. The third kappa shape index (κ3) is 4.29. The Hall–Kier alpha value is -3.27. The minimum Gasteiger partial charge on any atom is -0.490 e. The number of nitrogens with two attached hydrogens (primary N) is 1. The summed E-state index contributed by atoms with van der Waals surface area (Å²) in [4.78, 5) is 20.4. The van der Waals surface area contributed by atoms with Gasteiger partial charge in [-0.05, 0) is 43.5 Å². The molecule has 2 aromatic heterocycles. The average Bonchev–Trinajstić information content (AvgIpc) is 3.42. The Morgan fingerprint density at radius 1 is 1.16 bits per heavy atom. The molecule has 0 spiro atoms. The summed E-state index contributed by atoms with van der Waals surface area (Å²) in [6.45, 7) is 1.49. The highest BCUT2D eigenvalue weighted by Gasteiger charge is 2.29. The second-order valence-electron chi connectivity index (χ2n) is 8.08. The molecule has 2 fully saturated rings. The molecule has 5 rings (SSSR count). The first-order valence-electron chi connectivity index (χ1n) is 10.6. The zero-order chi connectivity index (χ0) is 21.2. The van der Waals surface area contributed by atoms with Gasteiger partial charge < -0.3 is 20.5 Å². The molecule has 10 heteroatoms. The number of amides is 1. The molecule has 1 aliphatic carbocycles. The van der Waals surface area contributed by atoms with Crippen LogP contribution in [-0.2, 0) is 9.53 Å². The van der Waals surface area contributed by atoms with Crippen molar-refractivity contribution in [3.8, 4) is 11.4 Å². The van der Waals surface area contributed by atoms with Crippen LogP contribution in [0.5, 0.6) is 5.75 Å². The molecule has 0 bridgehead atoms. The number of ether oxygens (including phenoxy) is 2. The van der Waals surface area contributed by atoms with E-state index in [0.717, 1.165) is 50.3 Å². The molecule has 1 aliphatic heterocycles. The van der Waals surface area contributed by atoms with Crippen molar-refractivity contribution in [2.24, 2.45) is 11.7 Å². The van der Waals surface area contributed by atoms with Crippen molar-refractivity contribution in [3.05, 3.63) is 30.5 Å². The molecule has 2 atom stereocenters. The molecule has 2 aliphatic rings. The topological polar surface area (TPSA) is 130 Å². The number of nitrogens with one attached hydrogen (secondary N) is 1. The van der Waals surface area contributed by atoms with E-state index in [2.05, 4.69) is 25.6 Å². The van der Waals surface area contributed by atoms with Crippen molar-refractivity contribution in [1.29, 1.82) is 0 Å². The van der Waals surface area contributed by atoms with Crippen molar-refractivity contribution < 1.29 is 14.3 Å². The standard InChI is InChI=1S/C21H25N7O3/c22-19(29)13-1-2-14(11-13)24-21-23-12-18-20(25-21)28(27-26-18)15-3-5-16(6-4-15)31-17-7-9-30-10-8-17/h3-6,12-14,17H,1-2,7-11H2,(H2,22,29)(H,23,24,25)/t13-,14-/m1/s1. The molecule has 0 unspecified atom stereocenters. The lowest BCUT2D eigenvalue weighted by Crippen LogP contribution is -2.25. The smallest absolute Gasteiger partial charge is 0.225 e. The van der Waals surface area contributed by atoms with Crippen LogP contribution in [0.4, 0.5) is 5.95 Å². The second-order valence-corrected chi connectivity index (χ2v) is 8.08. The number of benzene rings is 1. The van der Waals surface area contributed by atoms with E-state index in [1.807, 2.05) is 24.3 Å². The third-order valence-electron chi connectivity index (χ3n) is 5.91. The second kappa shape index (κ2) is 8.46. The van der Waals surface area contributed by atoms with Crippen molar-refractivity contribution in [1.82, 2.24) is 25.0 Å². The summed E-state index contributed by atoms with van der Waals surface area (Å²) < 4.78 is 13.1. The van der Waals surface area contributed by atoms with Gasteiger partial charge in [0, 0.05) is 24.8 Å². The average molecular weight is 423 g/mol. The van der Waals surface area contributed by atoms with Crippen LogP contribution in [0, 0.1) is 5.92 Å². The normalized spacial score (nSPS) is 21.9. The Labute approximate surface area is 179 Å². The van der Waals surface area contributed by atoms with E-state index in [1.165, 1.54) is 0 Å². The molecule has 1 aromatic carbocycles. The molecule has 1 amide bonds. The number of hydrogen-bond donors (Lipinski definition) is 2. The molecule has 0 radical (unpaired) electrons. The van der Waals surface area contributed by atoms with E-state index in [1.54, 1.807) is 10.9 Å². The molecule has 3 heterocycles. The first kappa shape index (κ1) is 19.7. The van der Waals surface area contributed by atoms with Crippen molar-refractivity contribution in [3.63, 3.8) is 0 Å². The maximum Gasteiger partial charge on any atom is 0.225 e. The molecule has 3 aromatic rings. The minimum atomic E-state index is -0.243.